The minimum atomic E-state index is -4.20. The fourth-order valence-electron chi connectivity index (χ4n) is 1.20. The first kappa shape index (κ1) is 12.8. The molecule has 0 atom stereocenters. The molecule has 2 nitrogen and oxygen atoms in total. The first-order chi connectivity index (χ1) is 7.37. The van der Waals surface area contributed by atoms with Crippen LogP contribution in [-0.4, -0.2) is 17.8 Å². The van der Waals surface area contributed by atoms with Gasteiger partial charge in [-0.25, -0.2) is 4.39 Å². The highest BCUT2D eigenvalue weighted by atomic mass is 19.4. The number of nitrogens with one attached hydrogen (secondary N) is 1. The predicted molar refractivity (Wildman–Crippen MR) is 50.4 cm³/mol. The van der Waals surface area contributed by atoms with E-state index in [1.165, 1.54) is 6.07 Å². The summed E-state index contributed by atoms with van der Waals surface area (Å²) >= 11 is 0. The maximum atomic E-state index is 12.8. The van der Waals surface area contributed by atoms with Gasteiger partial charge in [0.05, 0.1) is 6.42 Å². The number of hydrogen-bond donors (Lipinski definition) is 2. The van der Waals surface area contributed by atoms with E-state index in [1.807, 2.05) is 0 Å². The van der Waals surface area contributed by atoms with Gasteiger partial charge in [0.2, 0.25) is 0 Å². The lowest BCUT2D eigenvalue weighted by molar-refractivity contribution is -0.133. The fourth-order valence-corrected chi connectivity index (χ4v) is 1.20. The molecule has 0 saturated carbocycles. The van der Waals surface area contributed by atoms with Crippen LogP contribution in [0.25, 0.3) is 0 Å². The van der Waals surface area contributed by atoms with E-state index in [-0.39, 0.29) is 18.8 Å². The SMILES string of the molecule is Oc1cc(F)cc(CNCCC(F)(F)F)c1. The Labute approximate surface area is 89.9 Å². The van der Waals surface area contributed by atoms with Crippen LogP contribution in [0, 0.1) is 5.82 Å². The molecule has 6 heteroatoms. The van der Waals surface area contributed by atoms with Crippen molar-refractivity contribution in [1.29, 1.82) is 0 Å². The second kappa shape index (κ2) is 5.16. The van der Waals surface area contributed by atoms with Crippen LogP contribution in [0.4, 0.5) is 17.6 Å². The largest absolute Gasteiger partial charge is 0.508 e. The van der Waals surface area contributed by atoms with Crippen molar-refractivity contribution in [3.05, 3.63) is 29.6 Å². The van der Waals surface area contributed by atoms with E-state index >= 15 is 0 Å². The Bertz CT molecular complexity index is 331. The van der Waals surface area contributed by atoms with Gasteiger partial charge in [-0.1, -0.05) is 0 Å². The molecule has 1 rings (SSSR count). The number of alkyl halides is 3. The molecule has 1 aromatic carbocycles. The van der Waals surface area contributed by atoms with E-state index in [0.717, 1.165) is 12.1 Å². The lowest BCUT2D eigenvalue weighted by atomic mass is 10.2. The van der Waals surface area contributed by atoms with Crippen molar-refractivity contribution < 1.29 is 22.7 Å². The van der Waals surface area contributed by atoms with Crippen LogP contribution in [-0.2, 0) is 6.54 Å². The van der Waals surface area contributed by atoms with Crippen molar-refractivity contribution in [2.75, 3.05) is 6.54 Å². The van der Waals surface area contributed by atoms with Gasteiger partial charge in [-0.3, -0.25) is 0 Å². The average molecular weight is 237 g/mol. The number of phenols is 1. The smallest absolute Gasteiger partial charge is 0.390 e. The standard InChI is InChI=1S/C10H11F4NO/c11-8-3-7(4-9(16)5-8)6-15-2-1-10(12,13)14/h3-5,15-16H,1-2,6H2. The third kappa shape index (κ3) is 4.97. The third-order valence-electron chi connectivity index (χ3n) is 1.86. The van der Waals surface area contributed by atoms with Crippen molar-refractivity contribution in [3.63, 3.8) is 0 Å². The van der Waals surface area contributed by atoms with Crippen LogP contribution in [0.3, 0.4) is 0 Å². The Kier molecular flexibility index (Phi) is 4.12. The van der Waals surface area contributed by atoms with E-state index in [1.54, 1.807) is 0 Å². The maximum absolute atomic E-state index is 12.8. The second-order valence-electron chi connectivity index (χ2n) is 3.36. The molecule has 2 N–H and O–H groups in total. The normalized spacial score (nSPS) is 11.8. The summed E-state index contributed by atoms with van der Waals surface area (Å²) < 4.78 is 48.1. The average Bonchev–Trinajstić information content (AvgIpc) is 2.09. The van der Waals surface area contributed by atoms with Crippen LogP contribution >= 0.6 is 0 Å². The molecule has 0 amide bonds. The molecule has 0 heterocycles. The summed E-state index contributed by atoms with van der Waals surface area (Å²) in [5, 5.41) is 11.5. The molecule has 0 aliphatic rings. The van der Waals surface area contributed by atoms with Gasteiger partial charge in [-0.15, -0.1) is 0 Å². The van der Waals surface area contributed by atoms with Gasteiger partial charge >= 0.3 is 6.18 Å². The zero-order valence-corrected chi connectivity index (χ0v) is 8.31. The lowest BCUT2D eigenvalue weighted by Gasteiger charge is -2.08. The molecule has 0 bridgehead atoms. The molecular formula is C10H11F4NO. The van der Waals surface area contributed by atoms with Crippen molar-refractivity contribution in [2.24, 2.45) is 0 Å². The van der Waals surface area contributed by atoms with Crippen molar-refractivity contribution in [3.8, 4) is 5.75 Å². The molecule has 0 radical (unpaired) electrons. The maximum Gasteiger partial charge on any atom is 0.390 e. The fraction of sp³-hybridized carbons (Fsp3) is 0.400. The number of aromatic hydroxyl groups is 1. The summed E-state index contributed by atoms with van der Waals surface area (Å²) in [6, 6.07) is 3.38. The Balaban J connectivity index is 2.37. The van der Waals surface area contributed by atoms with Crippen molar-refractivity contribution >= 4 is 0 Å². The number of benzene rings is 1. The summed E-state index contributed by atoms with van der Waals surface area (Å²) in [4.78, 5) is 0. The van der Waals surface area contributed by atoms with Crippen LogP contribution < -0.4 is 5.32 Å². The Hall–Kier alpha value is -1.30. The van der Waals surface area contributed by atoms with Crippen LogP contribution in [0.1, 0.15) is 12.0 Å². The van der Waals surface area contributed by atoms with Gasteiger partial charge < -0.3 is 10.4 Å². The summed E-state index contributed by atoms with van der Waals surface area (Å²) in [6.45, 7) is -0.151. The molecule has 0 aliphatic carbocycles. The number of halogens is 4. The quantitative estimate of drug-likeness (QED) is 0.623. The van der Waals surface area contributed by atoms with Gasteiger partial charge in [0.1, 0.15) is 11.6 Å². The van der Waals surface area contributed by atoms with Gasteiger partial charge in [0.25, 0.3) is 0 Å². The minimum Gasteiger partial charge on any atom is -0.508 e. The molecule has 0 saturated heterocycles. The molecule has 0 spiro atoms. The molecule has 0 unspecified atom stereocenters. The predicted octanol–water partition coefficient (Wildman–Crippen LogP) is 2.57. The van der Waals surface area contributed by atoms with Crippen molar-refractivity contribution in [1.82, 2.24) is 5.32 Å². The molecule has 0 fully saturated rings. The van der Waals surface area contributed by atoms with Gasteiger partial charge in [0.15, 0.2) is 0 Å². The summed E-state index contributed by atoms with van der Waals surface area (Å²) in [7, 11) is 0. The van der Waals surface area contributed by atoms with E-state index < -0.39 is 18.4 Å². The van der Waals surface area contributed by atoms with Crippen LogP contribution in [0.5, 0.6) is 5.75 Å². The molecule has 16 heavy (non-hydrogen) atoms. The third-order valence-corrected chi connectivity index (χ3v) is 1.86. The monoisotopic (exact) mass is 237 g/mol. The molecule has 0 aromatic heterocycles. The van der Waals surface area contributed by atoms with Crippen LogP contribution in [0.2, 0.25) is 0 Å². The van der Waals surface area contributed by atoms with E-state index in [2.05, 4.69) is 5.32 Å². The minimum absolute atomic E-state index is 0.0847. The summed E-state index contributed by atoms with van der Waals surface area (Å²) in [5.41, 5.74) is 0.402. The first-order valence-electron chi connectivity index (χ1n) is 4.63. The van der Waals surface area contributed by atoms with Crippen molar-refractivity contribution in [2.45, 2.75) is 19.1 Å². The van der Waals surface area contributed by atoms with Gasteiger partial charge in [0, 0.05) is 19.2 Å². The number of phenolic OH excluding ortho intramolecular Hbond substituents is 1. The zero-order valence-electron chi connectivity index (χ0n) is 8.31. The molecule has 0 aliphatic heterocycles. The zero-order chi connectivity index (χ0) is 12.2. The van der Waals surface area contributed by atoms with Crippen LogP contribution in [0.15, 0.2) is 18.2 Å². The highest BCUT2D eigenvalue weighted by Crippen LogP contribution is 2.18. The van der Waals surface area contributed by atoms with Gasteiger partial charge in [-0.05, 0) is 17.7 Å². The highest BCUT2D eigenvalue weighted by Gasteiger charge is 2.25. The first-order valence-corrected chi connectivity index (χ1v) is 4.63. The highest BCUT2D eigenvalue weighted by molar-refractivity contribution is 5.28. The van der Waals surface area contributed by atoms with E-state index in [4.69, 9.17) is 5.11 Å². The Morgan fingerprint density at radius 1 is 1.19 bits per heavy atom. The van der Waals surface area contributed by atoms with Gasteiger partial charge in [-0.2, -0.15) is 13.2 Å². The lowest BCUT2D eigenvalue weighted by Crippen LogP contribution is -2.21. The Morgan fingerprint density at radius 3 is 2.44 bits per heavy atom. The second-order valence-corrected chi connectivity index (χ2v) is 3.36. The summed E-state index contributed by atoms with van der Waals surface area (Å²) in [5.74, 6) is -0.861. The molecular weight excluding hydrogens is 226 g/mol. The number of hydrogen-bond acceptors (Lipinski definition) is 2. The molecule has 1 aromatic rings. The van der Waals surface area contributed by atoms with E-state index in [0.29, 0.717) is 5.56 Å². The Morgan fingerprint density at radius 2 is 1.88 bits per heavy atom. The molecule has 90 valence electrons. The summed E-state index contributed by atoms with van der Waals surface area (Å²) in [6.07, 6.45) is -5.13. The van der Waals surface area contributed by atoms with E-state index in [9.17, 15) is 17.6 Å². The topological polar surface area (TPSA) is 32.3 Å². The number of rotatable bonds is 4.